The minimum absolute atomic E-state index is 0.00761. The third kappa shape index (κ3) is 14.9. The maximum atomic E-state index is 14.3. The summed E-state index contributed by atoms with van der Waals surface area (Å²) >= 11 is 0. The number of rotatable bonds is 18. The summed E-state index contributed by atoms with van der Waals surface area (Å²) in [7, 11) is 0. The number of ether oxygens (including phenoxy) is 2. The second-order valence-electron chi connectivity index (χ2n) is 17.0. The van der Waals surface area contributed by atoms with E-state index in [1.54, 1.807) is 20.8 Å². The Balaban J connectivity index is 1.60. The Morgan fingerprint density at radius 2 is 0.831 bits per heavy atom. The van der Waals surface area contributed by atoms with Crippen molar-refractivity contribution in [3.63, 3.8) is 0 Å². The van der Waals surface area contributed by atoms with Crippen LogP contribution in [0.25, 0.3) is 0 Å². The molecule has 0 aliphatic rings. The number of aliphatic hydroxyl groups is 2. The van der Waals surface area contributed by atoms with Gasteiger partial charge < -0.3 is 41.0 Å². The minimum atomic E-state index is -1.42. The number of carbonyl (C=O) groups excluding carboxylic acids is 4. The molecule has 4 aromatic carbocycles. The van der Waals surface area contributed by atoms with Crippen molar-refractivity contribution in [2.24, 2.45) is 16.7 Å². The Morgan fingerprint density at radius 1 is 0.508 bits per heavy atom. The predicted molar refractivity (Wildman–Crippen MR) is 227 cm³/mol. The Labute approximate surface area is 348 Å². The zero-order valence-electron chi connectivity index (χ0n) is 34.9. The molecule has 4 rings (SSSR count). The number of alkyl carbamates (subject to hydrolysis) is 2. The molecule has 0 radical (unpaired) electrons. The highest BCUT2D eigenvalue weighted by molar-refractivity contribution is 5.87. The molecule has 0 saturated heterocycles. The fraction of sp³-hybridized carbons (Fsp3) is 0.404. The molecule has 0 aliphatic heterocycles. The normalized spacial score (nSPS) is 14.6. The van der Waals surface area contributed by atoms with Crippen LogP contribution in [0.15, 0.2) is 121 Å². The monoisotopic (exact) mass is 808 g/mol. The Bertz CT molecular complexity index is 1900. The zero-order valence-corrected chi connectivity index (χ0v) is 34.9. The highest BCUT2D eigenvalue weighted by Crippen LogP contribution is 2.25. The molecule has 0 aromatic heterocycles. The summed E-state index contributed by atoms with van der Waals surface area (Å²) in [4.78, 5) is 54.6. The molecule has 0 saturated carbocycles. The van der Waals surface area contributed by atoms with Crippen LogP contribution in [0, 0.1) is 16.7 Å². The van der Waals surface area contributed by atoms with Gasteiger partial charge in [0.1, 0.15) is 25.3 Å². The molecular weight excluding hydrogens is 749 g/mol. The van der Waals surface area contributed by atoms with Gasteiger partial charge in [-0.05, 0) is 45.9 Å². The maximum absolute atomic E-state index is 14.3. The van der Waals surface area contributed by atoms with Crippen molar-refractivity contribution in [3.8, 4) is 0 Å². The number of hydrogen-bond acceptors (Lipinski definition) is 8. The molecule has 0 spiro atoms. The Hall–Kier alpha value is -5.72. The Kier molecular flexibility index (Phi) is 17.0. The van der Waals surface area contributed by atoms with Crippen molar-refractivity contribution in [2.75, 3.05) is 6.61 Å². The van der Waals surface area contributed by atoms with E-state index in [9.17, 15) is 29.4 Å². The molecule has 0 fully saturated rings. The van der Waals surface area contributed by atoms with Crippen LogP contribution >= 0.6 is 0 Å². The third-order valence-electron chi connectivity index (χ3n) is 10.0. The van der Waals surface area contributed by atoms with E-state index in [-0.39, 0.29) is 26.1 Å². The molecule has 4 aromatic rings. The second kappa shape index (κ2) is 21.9. The van der Waals surface area contributed by atoms with Crippen LogP contribution in [-0.2, 0) is 45.1 Å². The SMILES string of the molecule is CC(C)(C)C(NC(=O)OCc1ccccc1)C(=O)N[C@@H](Cc1ccccc1)[C@@H](CO)[C@H](O)[C@H](Cc1ccccc1)NC(=O)[C@@H](NC(=O)OCc1ccccc1)C(C)(C)C. The molecule has 316 valence electrons. The summed E-state index contributed by atoms with van der Waals surface area (Å²) in [5.74, 6) is -2.13. The van der Waals surface area contributed by atoms with Gasteiger partial charge >= 0.3 is 12.2 Å². The summed E-state index contributed by atoms with van der Waals surface area (Å²) in [5.41, 5.74) is 1.63. The van der Waals surface area contributed by atoms with E-state index in [1.807, 2.05) is 142 Å². The van der Waals surface area contributed by atoms with Gasteiger partial charge in [-0.2, -0.15) is 0 Å². The van der Waals surface area contributed by atoms with Crippen molar-refractivity contribution in [1.82, 2.24) is 21.3 Å². The average Bonchev–Trinajstić information content (AvgIpc) is 3.21. The number of nitrogens with one attached hydrogen (secondary N) is 4. The molecule has 59 heavy (non-hydrogen) atoms. The summed E-state index contributed by atoms with van der Waals surface area (Å²) in [6.07, 6.45) is -2.62. The van der Waals surface area contributed by atoms with E-state index in [4.69, 9.17) is 9.47 Å². The van der Waals surface area contributed by atoms with E-state index >= 15 is 0 Å². The van der Waals surface area contributed by atoms with Gasteiger partial charge in [-0.15, -0.1) is 0 Å². The highest BCUT2D eigenvalue weighted by Gasteiger charge is 2.41. The fourth-order valence-corrected chi connectivity index (χ4v) is 6.72. The lowest BCUT2D eigenvalue weighted by Crippen LogP contribution is -2.61. The molecule has 4 amide bonds. The largest absolute Gasteiger partial charge is 0.445 e. The van der Waals surface area contributed by atoms with Crippen LogP contribution < -0.4 is 21.3 Å². The maximum Gasteiger partial charge on any atom is 0.408 e. The summed E-state index contributed by atoms with van der Waals surface area (Å²) in [6.45, 7) is 10.3. The quantitative estimate of drug-likeness (QED) is 0.0700. The predicted octanol–water partition coefficient (Wildman–Crippen LogP) is 6.09. The highest BCUT2D eigenvalue weighted by atomic mass is 16.6. The van der Waals surface area contributed by atoms with Crippen molar-refractivity contribution < 1.29 is 38.9 Å². The van der Waals surface area contributed by atoms with E-state index in [1.165, 1.54) is 0 Å². The van der Waals surface area contributed by atoms with Gasteiger partial charge in [0, 0.05) is 12.0 Å². The molecule has 0 heterocycles. The van der Waals surface area contributed by atoms with Crippen molar-refractivity contribution in [2.45, 2.75) is 97.9 Å². The zero-order chi connectivity index (χ0) is 43.0. The fourth-order valence-electron chi connectivity index (χ4n) is 6.72. The number of aliphatic hydroxyl groups excluding tert-OH is 2. The van der Waals surface area contributed by atoms with Crippen LogP contribution in [0.4, 0.5) is 9.59 Å². The first kappa shape index (κ1) is 46.0. The van der Waals surface area contributed by atoms with Crippen LogP contribution in [0.3, 0.4) is 0 Å². The Morgan fingerprint density at radius 3 is 1.17 bits per heavy atom. The van der Waals surface area contributed by atoms with Crippen LogP contribution in [-0.4, -0.2) is 71.1 Å². The van der Waals surface area contributed by atoms with E-state index in [0.717, 1.165) is 22.3 Å². The molecular formula is C47H60N4O8. The second-order valence-corrected chi connectivity index (χ2v) is 17.0. The third-order valence-corrected chi connectivity index (χ3v) is 10.0. The first-order chi connectivity index (χ1) is 28.0. The molecule has 0 aliphatic carbocycles. The number of amides is 4. The minimum Gasteiger partial charge on any atom is -0.445 e. The van der Waals surface area contributed by atoms with E-state index in [0.29, 0.717) is 0 Å². The molecule has 1 unspecified atom stereocenters. The van der Waals surface area contributed by atoms with Gasteiger partial charge in [0.2, 0.25) is 11.8 Å². The lowest BCUT2D eigenvalue weighted by atomic mass is 9.82. The van der Waals surface area contributed by atoms with Crippen LogP contribution in [0.1, 0.15) is 63.8 Å². The summed E-state index contributed by atoms with van der Waals surface area (Å²) < 4.78 is 10.9. The van der Waals surface area contributed by atoms with Gasteiger partial charge in [-0.3, -0.25) is 9.59 Å². The topological polar surface area (TPSA) is 175 Å². The van der Waals surface area contributed by atoms with Gasteiger partial charge in [0.05, 0.1) is 18.8 Å². The van der Waals surface area contributed by atoms with Crippen molar-refractivity contribution in [3.05, 3.63) is 144 Å². The lowest BCUT2D eigenvalue weighted by molar-refractivity contribution is -0.129. The smallest absolute Gasteiger partial charge is 0.408 e. The van der Waals surface area contributed by atoms with Gasteiger partial charge in [-0.1, -0.05) is 163 Å². The van der Waals surface area contributed by atoms with Crippen molar-refractivity contribution >= 4 is 24.0 Å². The molecule has 12 nitrogen and oxygen atoms in total. The average molecular weight is 809 g/mol. The van der Waals surface area contributed by atoms with Gasteiger partial charge in [-0.25, -0.2) is 9.59 Å². The first-order valence-electron chi connectivity index (χ1n) is 20.0. The van der Waals surface area contributed by atoms with Gasteiger partial charge in [0.25, 0.3) is 0 Å². The lowest BCUT2D eigenvalue weighted by Gasteiger charge is -2.38. The van der Waals surface area contributed by atoms with Crippen molar-refractivity contribution in [1.29, 1.82) is 0 Å². The first-order valence-corrected chi connectivity index (χ1v) is 20.0. The standard InChI is InChI=1S/C47H60N4O8/c1-46(2,3)40(50-44(56)58-30-34-23-15-9-16-24-34)42(54)48-37(27-32-19-11-7-12-20-32)36(29-52)39(53)38(28-33-21-13-8-14-22-33)49-43(55)41(47(4,5)6)51-45(57)59-31-35-25-17-10-18-26-35/h7-26,36-41,52-53H,27-31H2,1-6H3,(H,48,54)(H,49,55)(H,50,56)(H,51,57)/t36-,37+,38+,39+,40?,41-/m1/s1. The number of benzene rings is 4. The molecule has 12 heteroatoms. The van der Waals surface area contributed by atoms with E-state index < -0.39 is 77.6 Å². The van der Waals surface area contributed by atoms with Crippen LogP contribution in [0.2, 0.25) is 0 Å². The van der Waals surface area contributed by atoms with Gasteiger partial charge in [0.15, 0.2) is 0 Å². The number of hydrogen-bond donors (Lipinski definition) is 6. The van der Waals surface area contributed by atoms with Crippen LogP contribution in [0.5, 0.6) is 0 Å². The molecule has 0 bridgehead atoms. The van der Waals surface area contributed by atoms with E-state index in [2.05, 4.69) is 21.3 Å². The molecule has 6 N–H and O–H groups in total. The summed E-state index contributed by atoms with van der Waals surface area (Å²) in [5, 5.41) is 34.8. The molecule has 6 atom stereocenters. The number of carbonyl (C=O) groups is 4. The summed E-state index contributed by atoms with van der Waals surface area (Å²) in [6, 6.07) is 32.9.